The molecular weight excluding hydrogens is 300 g/mol. The van der Waals surface area contributed by atoms with Crippen LogP contribution in [0.1, 0.15) is 29.0 Å². The van der Waals surface area contributed by atoms with E-state index in [0.29, 0.717) is 17.5 Å². The van der Waals surface area contributed by atoms with Gasteiger partial charge in [0.2, 0.25) is 0 Å². The fourth-order valence-electron chi connectivity index (χ4n) is 3.69. The van der Waals surface area contributed by atoms with E-state index in [1.54, 1.807) is 0 Å². The monoisotopic (exact) mass is 320 g/mol. The van der Waals surface area contributed by atoms with E-state index in [-0.39, 0.29) is 18.3 Å². The Morgan fingerprint density at radius 3 is 2.73 bits per heavy atom. The summed E-state index contributed by atoms with van der Waals surface area (Å²) in [5, 5.41) is 4.26. The first-order valence-electron chi connectivity index (χ1n) is 7.72. The van der Waals surface area contributed by atoms with E-state index in [1.807, 2.05) is 31.2 Å². The van der Waals surface area contributed by atoms with E-state index in [2.05, 4.69) is 10.2 Å². The van der Waals surface area contributed by atoms with Crippen molar-refractivity contribution in [3.8, 4) is 0 Å². The molecule has 3 aliphatic heterocycles. The van der Waals surface area contributed by atoms with Crippen molar-refractivity contribution in [1.29, 1.82) is 0 Å². The molecule has 3 fully saturated rings. The minimum Gasteiger partial charge on any atom is -0.461 e. The van der Waals surface area contributed by atoms with Gasteiger partial charge in [0.15, 0.2) is 0 Å². The standard InChI is InChI=1S/C17H20N2O2.ClH/c1-11-8-13-2-3-14(9-16(13)21-11)17(20)18-15-10-19-6-4-12(15)5-7-19;/h2-3,8-9,12,15H,4-7,10H2,1H3,(H,18,20);1H/t15-;/m0./s1. The summed E-state index contributed by atoms with van der Waals surface area (Å²) >= 11 is 0. The molecule has 4 nitrogen and oxygen atoms in total. The van der Waals surface area contributed by atoms with Crippen molar-refractivity contribution in [3.63, 3.8) is 0 Å². The number of rotatable bonds is 2. The van der Waals surface area contributed by atoms with E-state index >= 15 is 0 Å². The maximum atomic E-state index is 12.5. The van der Waals surface area contributed by atoms with Gasteiger partial charge in [0, 0.05) is 23.5 Å². The molecule has 1 N–H and O–H groups in total. The van der Waals surface area contributed by atoms with Gasteiger partial charge in [-0.3, -0.25) is 4.79 Å². The van der Waals surface area contributed by atoms with E-state index in [0.717, 1.165) is 23.3 Å². The molecule has 0 radical (unpaired) electrons. The van der Waals surface area contributed by atoms with Gasteiger partial charge >= 0.3 is 0 Å². The van der Waals surface area contributed by atoms with Crippen LogP contribution < -0.4 is 5.32 Å². The highest BCUT2D eigenvalue weighted by atomic mass is 35.5. The molecule has 2 aromatic rings. The normalized spacial score (nSPS) is 26.7. The highest BCUT2D eigenvalue weighted by Crippen LogP contribution is 2.28. The maximum absolute atomic E-state index is 12.5. The van der Waals surface area contributed by atoms with Gasteiger partial charge in [-0.1, -0.05) is 6.07 Å². The topological polar surface area (TPSA) is 45.5 Å². The van der Waals surface area contributed by atoms with E-state index < -0.39 is 0 Å². The van der Waals surface area contributed by atoms with Crippen molar-refractivity contribution in [2.45, 2.75) is 25.8 Å². The number of piperidine rings is 3. The van der Waals surface area contributed by atoms with Crippen molar-refractivity contribution in [2.24, 2.45) is 5.92 Å². The zero-order chi connectivity index (χ0) is 14.4. The Balaban J connectivity index is 0.00000144. The summed E-state index contributed by atoms with van der Waals surface area (Å²) in [5.41, 5.74) is 1.47. The minimum atomic E-state index is 0. The minimum absolute atomic E-state index is 0. The summed E-state index contributed by atoms with van der Waals surface area (Å²) in [6.45, 7) is 5.30. The van der Waals surface area contributed by atoms with Crippen LogP contribution in [0, 0.1) is 12.8 Å². The molecule has 22 heavy (non-hydrogen) atoms. The predicted molar refractivity (Wildman–Crippen MR) is 88.6 cm³/mol. The number of nitrogens with one attached hydrogen (secondary N) is 1. The Morgan fingerprint density at radius 1 is 1.27 bits per heavy atom. The summed E-state index contributed by atoms with van der Waals surface area (Å²) in [7, 11) is 0. The van der Waals surface area contributed by atoms with Crippen LogP contribution in [-0.2, 0) is 0 Å². The lowest BCUT2D eigenvalue weighted by molar-refractivity contribution is 0.0620. The Labute approximate surface area is 136 Å². The molecule has 4 heterocycles. The third-order valence-corrected chi connectivity index (χ3v) is 4.88. The van der Waals surface area contributed by atoms with Crippen LogP contribution in [0.4, 0.5) is 0 Å². The molecule has 2 bridgehead atoms. The number of hydrogen-bond acceptors (Lipinski definition) is 3. The molecule has 1 aromatic heterocycles. The lowest BCUT2D eigenvalue weighted by Crippen LogP contribution is -2.57. The van der Waals surface area contributed by atoms with Crippen LogP contribution in [0.5, 0.6) is 0 Å². The van der Waals surface area contributed by atoms with Crippen LogP contribution in [0.3, 0.4) is 0 Å². The molecule has 118 valence electrons. The summed E-state index contributed by atoms with van der Waals surface area (Å²) in [6.07, 6.45) is 2.42. The third kappa shape index (κ3) is 2.73. The summed E-state index contributed by atoms with van der Waals surface area (Å²) in [5.74, 6) is 1.54. The van der Waals surface area contributed by atoms with Crippen molar-refractivity contribution in [2.75, 3.05) is 19.6 Å². The van der Waals surface area contributed by atoms with Crippen molar-refractivity contribution < 1.29 is 9.21 Å². The second-order valence-corrected chi connectivity index (χ2v) is 6.33. The van der Waals surface area contributed by atoms with Crippen LogP contribution in [0.25, 0.3) is 11.0 Å². The molecule has 1 amide bonds. The van der Waals surface area contributed by atoms with Crippen molar-refractivity contribution >= 4 is 29.3 Å². The van der Waals surface area contributed by atoms with Crippen LogP contribution >= 0.6 is 12.4 Å². The van der Waals surface area contributed by atoms with Gasteiger partial charge in [0.05, 0.1) is 0 Å². The van der Waals surface area contributed by atoms with Gasteiger partial charge in [-0.2, -0.15) is 0 Å². The average Bonchev–Trinajstić information content (AvgIpc) is 2.87. The molecule has 0 spiro atoms. The van der Waals surface area contributed by atoms with E-state index in [1.165, 1.54) is 25.9 Å². The molecule has 0 aliphatic carbocycles. The lowest BCUT2D eigenvalue weighted by Gasteiger charge is -2.44. The number of amides is 1. The number of fused-ring (bicyclic) bond motifs is 4. The lowest BCUT2D eigenvalue weighted by atomic mass is 9.84. The SMILES string of the molecule is Cc1cc2ccc(C(=O)N[C@H]3CN4CCC3CC4)cc2o1.Cl. The van der Waals surface area contributed by atoms with Gasteiger partial charge in [-0.25, -0.2) is 0 Å². The van der Waals surface area contributed by atoms with Gasteiger partial charge in [0.1, 0.15) is 11.3 Å². The van der Waals surface area contributed by atoms with Gasteiger partial charge in [0.25, 0.3) is 5.91 Å². The van der Waals surface area contributed by atoms with Crippen LogP contribution in [0.2, 0.25) is 0 Å². The highest BCUT2D eigenvalue weighted by molar-refractivity contribution is 5.97. The average molecular weight is 321 g/mol. The number of furan rings is 1. The molecule has 1 atom stereocenters. The number of benzene rings is 1. The number of halogens is 1. The fraction of sp³-hybridized carbons (Fsp3) is 0.471. The van der Waals surface area contributed by atoms with E-state index in [4.69, 9.17) is 4.42 Å². The second-order valence-electron chi connectivity index (χ2n) is 6.33. The number of carbonyl (C=O) groups excluding carboxylic acids is 1. The molecule has 5 heteroatoms. The van der Waals surface area contributed by atoms with E-state index in [9.17, 15) is 4.79 Å². The predicted octanol–water partition coefficient (Wildman–Crippen LogP) is 2.99. The smallest absolute Gasteiger partial charge is 0.251 e. The molecule has 5 rings (SSSR count). The zero-order valence-electron chi connectivity index (χ0n) is 12.7. The molecular formula is C17H21ClN2O2. The van der Waals surface area contributed by atoms with Crippen molar-refractivity contribution in [1.82, 2.24) is 10.2 Å². The maximum Gasteiger partial charge on any atom is 0.251 e. The molecule has 0 saturated carbocycles. The second kappa shape index (κ2) is 5.94. The number of carbonyl (C=O) groups is 1. The van der Waals surface area contributed by atoms with Crippen LogP contribution in [0.15, 0.2) is 28.7 Å². The highest BCUT2D eigenvalue weighted by Gasteiger charge is 2.34. The number of aryl methyl sites for hydroxylation is 1. The number of hydrogen-bond donors (Lipinski definition) is 1. The fourth-order valence-corrected chi connectivity index (χ4v) is 3.69. The Kier molecular flexibility index (Phi) is 4.15. The van der Waals surface area contributed by atoms with Gasteiger partial charge in [-0.05, 0) is 57.0 Å². The quantitative estimate of drug-likeness (QED) is 0.925. The Hall–Kier alpha value is -1.52. The molecule has 1 aromatic carbocycles. The first kappa shape index (κ1) is 15.4. The summed E-state index contributed by atoms with van der Waals surface area (Å²) < 4.78 is 5.61. The number of nitrogens with zero attached hydrogens (tertiary/aromatic N) is 1. The zero-order valence-corrected chi connectivity index (χ0v) is 13.5. The largest absolute Gasteiger partial charge is 0.461 e. The third-order valence-electron chi connectivity index (χ3n) is 4.88. The molecule has 3 aliphatic rings. The first-order chi connectivity index (χ1) is 10.2. The summed E-state index contributed by atoms with van der Waals surface area (Å²) in [6, 6.07) is 7.98. The van der Waals surface area contributed by atoms with Gasteiger partial charge in [-0.15, -0.1) is 12.4 Å². The molecule has 3 saturated heterocycles. The Bertz CT molecular complexity index is 689. The van der Waals surface area contributed by atoms with Crippen molar-refractivity contribution in [3.05, 3.63) is 35.6 Å². The van der Waals surface area contributed by atoms with Gasteiger partial charge < -0.3 is 14.6 Å². The molecule has 0 unspecified atom stereocenters. The Morgan fingerprint density at radius 2 is 2.05 bits per heavy atom. The first-order valence-corrected chi connectivity index (χ1v) is 7.72. The summed E-state index contributed by atoms with van der Waals surface area (Å²) in [4.78, 5) is 14.9. The van der Waals surface area contributed by atoms with Crippen LogP contribution in [-0.4, -0.2) is 36.5 Å².